The molecule has 0 aliphatic heterocycles. The highest BCUT2D eigenvalue weighted by atomic mass is 16.4. The minimum absolute atomic E-state index is 0.276. The van der Waals surface area contributed by atoms with Crippen LogP contribution in [0.5, 0.6) is 0 Å². The summed E-state index contributed by atoms with van der Waals surface area (Å²) in [5.74, 6) is -0.900. The van der Waals surface area contributed by atoms with Gasteiger partial charge in [0.05, 0.1) is 0 Å². The van der Waals surface area contributed by atoms with Gasteiger partial charge >= 0.3 is 5.97 Å². The Morgan fingerprint density at radius 3 is 2.53 bits per heavy atom. The molecule has 17 heavy (non-hydrogen) atoms. The summed E-state index contributed by atoms with van der Waals surface area (Å²) in [5.41, 5.74) is 0.276. The van der Waals surface area contributed by atoms with E-state index in [-0.39, 0.29) is 5.57 Å². The monoisotopic (exact) mass is 237 g/mol. The van der Waals surface area contributed by atoms with Crippen LogP contribution in [0, 0.1) is 0 Å². The number of carboxylic acids is 1. The van der Waals surface area contributed by atoms with Gasteiger partial charge in [-0.25, -0.2) is 4.79 Å². The number of aliphatic carboxylic acids is 1. The van der Waals surface area contributed by atoms with Gasteiger partial charge in [-0.15, -0.1) is 0 Å². The number of hydrogen-bond acceptors (Lipinski definition) is 2. The predicted molar refractivity (Wildman–Crippen MR) is 72.1 cm³/mol. The second kappa shape index (κ2) is 9.85. The van der Waals surface area contributed by atoms with Crippen LogP contribution in [0.3, 0.4) is 0 Å². The van der Waals surface area contributed by atoms with Crippen LogP contribution in [0.25, 0.3) is 0 Å². The average molecular weight is 237 g/mol. The fourth-order valence-electron chi connectivity index (χ4n) is 1.23. The minimum Gasteiger partial charge on any atom is -0.478 e. The van der Waals surface area contributed by atoms with Gasteiger partial charge in [-0.2, -0.15) is 0 Å². The molecule has 0 rings (SSSR count). The number of carboxylic acid groups (broad SMARTS) is 1. The molecular weight excluding hydrogens is 214 g/mol. The van der Waals surface area contributed by atoms with Gasteiger partial charge < -0.3 is 10.0 Å². The number of carbonyl (C=O) groups is 1. The molecule has 0 bridgehead atoms. The average Bonchev–Trinajstić information content (AvgIpc) is 2.30. The Kier molecular flexibility index (Phi) is 9.06. The molecule has 0 heterocycles. The zero-order chi connectivity index (χ0) is 13.1. The summed E-state index contributed by atoms with van der Waals surface area (Å²) in [5, 5.41) is 8.65. The van der Waals surface area contributed by atoms with Crippen molar-refractivity contribution in [2.24, 2.45) is 0 Å². The quantitative estimate of drug-likeness (QED) is 0.495. The summed E-state index contributed by atoms with van der Waals surface area (Å²) >= 11 is 0. The molecule has 0 aromatic heterocycles. The van der Waals surface area contributed by atoms with Crippen molar-refractivity contribution in [3.63, 3.8) is 0 Å². The Labute approximate surface area is 104 Å². The fourth-order valence-corrected chi connectivity index (χ4v) is 1.23. The third-order valence-electron chi connectivity index (χ3n) is 2.39. The van der Waals surface area contributed by atoms with Crippen molar-refractivity contribution >= 4 is 5.97 Å². The van der Waals surface area contributed by atoms with Crippen molar-refractivity contribution in [3.8, 4) is 0 Å². The lowest BCUT2D eigenvalue weighted by molar-refractivity contribution is -0.132. The van der Waals surface area contributed by atoms with Gasteiger partial charge in [0.15, 0.2) is 0 Å². The van der Waals surface area contributed by atoms with Crippen LogP contribution in [0.2, 0.25) is 0 Å². The van der Waals surface area contributed by atoms with Crippen LogP contribution in [-0.2, 0) is 4.79 Å². The predicted octanol–water partition coefficient (Wildman–Crippen LogP) is 2.86. The fraction of sp³-hybridized carbons (Fsp3) is 0.500. The molecule has 0 aromatic rings. The molecule has 0 aromatic carbocycles. The summed E-state index contributed by atoms with van der Waals surface area (Å²) in [7, 11) is 1.99. The summed E-state index contributed by atoms with van der Waals surface area (Å²) in [6.45, 7) is 7.29. The minimum atomic E-state index is -0.900. The zero-order valence-corrected chi connectivity index (χ0v) is 10.9. The lowest BCUT2D eigenvalue weighted by Gasteiger charge is -2.14. The zero-order valence-electron chi connectivity index (χ0n) is 10.9. The van der Waals surface area contributed by atoms with Crippen LogP contribution in [0.4, 0.5) is 0 Å². The van der Waals surface area contributed by atoms with E-state index < -0.39 is 5.97 Å². The summed E-state index contributed by atoms with van der Waals surface area (Å²) < 4.78 is 0. The van der Waals surface area contributed by atoms with Crippen LogP contribution in [0.15, 0.2) is 36.5 Å². The second-order valence-electron chi connectivity index (χ2n) is 4.02. The lowest BCUT2D eigenvalue weighted by Crippen LogP contribution is -2.21. The molecule has 0 radical (unpaired) electrons. The molecule has 0 spiro atoms. The van der Waals surface area contributed by atoms with Crippen LogP contribution in [-0.4, -0.2) is 36.1 Å². The Morgan fingerprint density at radius 1 is 1.29 bits per heavy atom. The van der Waals surface area contributed by atoms with E-state index in [1.165, 1.54) is 0 Å². The van der Waals surface area contributed by atoms with Gasteiger partial charge in [0.25, 0.3) is 0 Å². The largest absolute Gasteiger partial charge is 0.478 e. The molecule has 96 valence electrons. The van der Waals surface area contributed by atoms with E-state index in [0.29, 0.717) is 6.42 Å². The third-order valence-corrected chi connectivity index (χ3v) is 2.39. The van der Waals surface area contributed by atoms with Crippen molar-refractivity contribution in [1.29, 1.82) is 0 Å². The molecule has 0 aliphatic rings. The highest BCUT2D eigenvalue weighted by molar-refractivity contribution is 5.85. The van der Waals surface area contributed by atoms with Crippen molar-refractivity contribution in [3.05, 3.63) is 36.5 Å². The summed E-state index contributed by atoms with van der Waals surface area (Å²) in [6.07, 6.45) is 10.9. The number of allylic oxidation sites excluding steroid dienone is 3. The van der Waals surface area contributed by atoms with E-state index in [1.807, 2.05) is 19.2 Å². The van der Waals surface area contributed by atoms with E-state index in [2.05, 4.69) is 30.6 Å². The molecule has 1 N–H and O–H groups in total. The first-order chi connectivity index (χ1) is 8.07. The topological polar surface area (TPSA) is 40.5 Å². The Morgan fingerprint density at radius 2 is 1.94 bits per heavy atom. The normalized spacial score (nSPS) is 11.7. The molecule has 3 nitrogen and oxygen atoms in total. The van der Waals surface area contributed by atoms with E-state index >= 15 is 0 Å². The van der Waals surface area contributed by atoms with Crippen molar-refractivity contribution < 1.29 is 9.90 Å². The first kappa shape index (κ1) is 15.7. The Bertz CT molecular complexity index is 293. The van der Waals surface area contributed by atoms with Crippen LogP contribution < -0.4 is 0 Å². The standard InChI is InChI=1S/C14H23NO2/c1-4-5-6-7-8-9-11-15(3)12-10-13(2)14(16)17/h5-8H,2,4,9-12H2,1,3H3,(H,16,17)/b6-5+,8-7+. The van der Waals surface area contributed by atoms with Gasteiger partial charge in [0.2, 0.25) is 0 Å². The maximum Gasteiger partial charge on any atom is 0.331 e. The molecule has 0 saturated carbocycles. The number of nitrogens with zero attached hydrogens (tertiary/aromatic N) is 1. The number of hydrogen-bond donors (Lipinski definition) is 1. The molecule has 0 atom stereocenters. The molecule has 0 unspecified atom stereocenters. The summed E-state index contributed by atoms with van der Waals surface area (Å²) in [6, 6.07) is 0. The second-order valence-corrected chi connectivity index (χ2v) is 4.02. The highest BCUT2D eigenvalue weighted by Crippen LogP contribution is 2.00. The Balaban J connectivity index is 3.63. The molecule has 0 saturated heterocycles. The maximum atomic E-state index is 10.5. The van der Waals surface area contributed by atoms with Gasteiger partial charge in [0, 0.05) is 18.7 Å². The SMILES string of the molecule is C=C(CCN(C)CC/C=C/C=C/CC)C(=O)O. The van der Waals surface area contributed by atoms with Crippen molar-refractivity contribution in [2.75, 3.05) is 20.1 Å². The van der Waals surface area contributed by atoms with Gasteiger partial charge in [-0.1, -0.05) is 37.8 Å². The smallest absolute Gasteiger partial charge is 0.331 e. The molecule has 3 heteroatoms. The van der Waals surface area contributed by atoms with Gasteiger partial charge in [-0.3, -0.25) is 0 Å². The molecule has 0 aliphatic carbocycles. The van der Waals surface area contributed by atoms with E-state index in [0.717, 1.165) is 25.9 Å². The van der Waals surface area contributed by atoms with Gasteiger partial charge in [0.1, 0.15) is 0 Å². The number of rotatable bonds is 9. The van der Waals surface area contributed by atoms with Crippen LogP contribution in [0.1, 0.15) is 26.2 Å². The van der Waals surface area contributed by atoms with E-state index in [4.69, 9.17) is 5.11 Å². The Hall–Kier alpha value is -1.35. The van der Waals surface area contributed by atoms with E-state index in [9.17, 15) is 4.79 Å². The van der Waals surface area contributed by atoms with Crippen molar-refractivity contribution in [2.45, 2.75) is 26.2 Å². The maximum absolute atomic E-state index is 10.5. The van der Waals surface area contributed by atoms with E-state index in [1.54, 1.807) is 0 Å². The van der Waals surface area contributed by atoms with Crippen LogP contribution >= 0.6 is 0 Å². The van der Waals surface area contributed by atoms with Crippen molar-refractivity contribution in [1.82, 2.24) is 4.90 Å². The molecule has 0 amide bonds. The lowest BCUT2D eigenvalue weighted by atomic mass is 10.2. The van der Waals surface area contributed by atoms with Gasteiger partial charge in [-0.05, 0) is 26.3 Å². The molecular formula is C14H23NO2. The first-order valence-electron chi connectivity index (χ1n) is 5.99. The third kappa shape index (κ3) is 9.57. The highest BCUT2D eigenvalue weighted by Gasteiger charge is 2.04. The first-order valence-corrected chi connectivity index (χ1v) is 5.99. The summed E-state index contributed by atoms with van der Waals surface area (Å²) in [4.78, 5) is 12.6. The molecule has 0 fully saturated rings.